The van der Waals surface area contributed by atoms with Crippen LogP contribution in [0.2, 0.25) is 0 Å². The minimum Gasteiger partial charge on any atom is -1.00 e. The highest BCUT2D eigenvalue weighted by Crippen LogP contribution is 2.67. The van der Waals surface area contributed by atoms with E-state index in [1.807, 2.05) is 0 Å². The van der Waals surface area contributed by atoms with Crippen LogP contribution in [0.15, 0.2) is 12.7 Å². The van der Waals surface area contributed by atoms with E-state index in [0.717, 1.165) is 45.4 Å². The first-order chi connectivity index (χ1) is 9.12. The van der Waals surface area contributed by atoms with Gasteiger partial charge in [0.15, 0.2) is 0 Å². The van der Waals surface area contributed by atoms with E-state index in [1.165, 1.54) is 0 Å². The number of hydrogen-bond acceptors (Lipinski definition) is 3. The van der Waals surface area contributed by atoms with E-state index in [0.29, 0.717) is 0 Å². The standard InChI is InChI=1S/C15H35N3P.BrH/c1-8-15-19(16(9-2)10-3,17(11-4)12-5)18(13-6)14-7;/h8H,1,9-15H2,2-7H3;1H/q+1;/p-1. The molecule has 0 heterocycles. The zero-order chi connectivity index (χ0) is 14.9. The predicted octanol–water partition coefficient (Wildman–Crippen LogP) is 0.964. The van der Waals surface area contributed by atoms with E-state index in [4.69, 9.17) is 0 Å². The van der Waals surface area contributed by atoms with Crippen LogP contribution in [-0.2, 0) is 0 Å². The summed E-state index contributed by atoms with van der Waals surface area (Å²) in [7, 11) is -1.44. The van der Waals surface area contributed by atoms with Crippen LogP contribution in [0.3, 0.4) is 0 Å². The molecule has 0 aromatic heterocycles. The van der Waals surface area contributed by atoms with Crippen LogP contribution in [0.25, 0.3) is 0 Å². The zero-order valence-corrected chi connectivity index (χ0v) is 16.9. The summed E-state index contributed by atoms with van der Waals surface area (Å²) in [5.74, 6) is 0. The molecule has 0 atom stereocenters. The van der Waals surface area contributed by atoms with E-state index < -0.39 is 7.71 Å². The maximum atomic E-state index is 4.05. The van der Waals surface area contributed by atoms with Gasteiger partial charge in [0.2, 0.25) is 7.71 Å². The number of halogens is 1. The lowest BCUT2D eigenvalue weighted by atomic mass is 10.6. The van der Waals surface area contributed by atoms with Crippen LogP contribution in [0.5, 0.6) is 0 Å². The minimum atomic E-state index is -1.44. The normalized spacial score (nSPS) is 12.1. The molecule has 0 saturated heterocycles. The van der Waals surface area contributed by atoms with E-state index in [1.54, 1.807) is 0 Å². The van der Waals surface area contributed by atoms with Gasteiger partial charge >= 0.3 is 0 Å². The summed E-state index contributed by atoms with van der Waals surface area (Å²) < 4.78 is 8.07. The van der Waals surface area contributed by atoms with E-state index in [9.17, 15) is 0 Å². The molecule has 0 bridgehead atoms. The molecule has 0 aliphatic carbocycles. The Labute approximate surface area is 138 Å². The van der Waals surface area contributed by atoms with Crippen molar-refractivity contribution >= 4 is 7.71 Å². The fourth-order valence-corrected chi connectivity index (χ4v) is 7.92. The van der Waals surface area contributed by atoms with Crippen molar-refractivity contribution in [3.05, 3.63) is 12.7 Å². The maximum Gasteiger partial charge on any atom is 0.231 e. The first-order valence-electron chi connectivity index (χ1n) is 7.87. The van der Waals surface area contributed by atoms with Gasteiger partial charge in [-0.3, -0.25) is 0 Å². The van der Waals surface area contributed by atoms with Gasteiger partial charge in [-0.1, -0.05) is 6.58 Å². The van der Waals surface area contributed by atoms with Gasteiger partial charge in [-0.05, 0) is 47.6 Å². The minimum absolute atomic E-state index is 0. The summed E-state index contributed by atoms with van der Waals surface area (Å²) in [6.45, 7) is 24.5. The summed E-state index contributed by atoms with van der Waals surface area (Å²) in [5.41, 5.74) is 0. The molecule has 0 rings (SSSR count). The molecule has 0 aliphatic rings. The van der Waals surface area contributed by atoms with Gasteiger partial charge in [-0.25, -0.2) is 0 Å². The van der Waals surface area contributed by atoms with Gasteiger partial charge in [0.25, 0.3) is 0 Å². The second kappa shape index (κ2) is 12.1. The molecule has 0 N–H and O–H groups in total. The number of hydrogen-bond donors (Lipinski definition) is 0. The Kier molecular flexibility index (Phi) is 13.8. The molecule has 0 radical (unpaired) electrons. The predicted molar refractivity (Wildman–Crippen MR) is 90.7 cm³/mol. The molecule has 20 heavy (non-hydrogen) atoms. The molecule has 0 fully saturated rings. The van der Waals surface area contributed by atoms with Gasteiger partial charge in [0.05, 0.1) is 0 Å². The monoisotopic (exact) mass is 367 g/mol. The smallest absolute Gasteiger partial charge is 0.231 e. The van der Waals surface area contributed by atoms with Crippen molar-refractivity contribution in [2.75, 3.05) is 45.4 Å². The van der Waals surface area contributed by atoms with Crippen molar-refractivity contribution in [3.8, 4) is 0 Å². The Morgan fingerprint density at radius 1 is 0.700 bits per heavy atom. The third-order valence-corrected chi connectivity index (χ3v) is 9.09. The average molecular weight is 368 g/mol. The maximum absolute atomic E-state index is 4.05. The largest absolute Gasteiger partial charge is 1.00 e. The summed E-state index contributed by atoms with van der Waals surface area (Å²) in [4.78, 5) is 0. The topological polar surface area (TPSA) is 9.72 Å². The van der Waals surface area contributed by atoms with Crippen molar-refractivity contribution in [1.29, 1.82) is 0 Å². The van der Waals surface area contributed by atoms with Crippen molar-refractivity contribution in [3.63, 3.8) is 0 Å². The Hall–Kier alpha value is 0.530. The van der Waals surface area contributed by atoms with Crippen LogP contribution in [-0.4, -0.2) is 59.4 Å². The van der Waals surface area contributed by atoms with Crippen LogP contribution in [0.4, 0.5) is 0 Å². The molecular weight excluding hydrogens is 333 g/mol. The quantitative estimate of drug-likeness (QED) is 0.398. The van der Waals surface area contributed by atoms with Crippen LogP contribution in [0.1, 0.15) is 41.5 Å². The summed E-state index contributed by atoms with van der Waals surface area (Å²) >= 11 is 0. The summed E-state index contributed by atoms with van der Waals surface area (Å²) in [6.07, 6.45) is 3.22. The lowest BCUT2D eigenvalue weighted by molar-refractivity contribution is -0.00000491. The molecule has 0 unspecified atom stereocenters. The number of nitrogens with zero attached hydrogens (tertiary/aromatic N) is 3. The molecule has 0 aromatic carbocycles. The van der Waals surface area contributed by atoms with Crippen LogP contribution >= 0.6 is 7.71 Å². The van der Waals surface area contributed by atoms with Gasteiger partial charge in [-0.15, -0.1) is 14.0 Å². The molecule has 0 aromatic rings. The fraction of sp³-hybridized carbons (Fsp3) is 0.867. The molecule has 0 aliphatic heterocycles. The van der Waals surface area contributed by atoms with Crippen molar-refractivity contribution in [2.24, 2.45) is 0 Å². The zero-order valence-electron chi connectivity index (χ0n) is 14.4. The van der Waals surface area contributed by atoms with Crippen LogP contribution in [0, 0.1) is 0 Å². The van der Waals surface area contributed by atoms with E-state index in [-0.39, 0.29) is 17.0 Å². The third-order valence-electron chi connectivity index (χ3n) is 3.92. The Morgan fingerprint density at radius 3 is 1.10 bits per heavy atom. The van der Waals surface area contributed by atoms with Gasteiger partial charge in [0, 0.05) is 39.3 Å². The van der Waals surface area contributed by atoms with Gasteiger partial charge in [-0.2, -0.15) is 0 Å². The number of rotatable bonds is 11. The Bertz CT molecular complexity index is 208. The molecule has 0 amide bonds. The molecule has 0 spiro atoms. The second-order valence-electron chi connectivity index (χ2n) is 4.58. The Balaban J connectivity index is 0. The highest BCUT2D eigenvalue weighted by atomic mass is 79.9. The van der Waals surface area contributed by atoms with E-state index >= 15 is 0 Å². The molecule has 0 saturated carbocycles. The average Bonchev–Trinajstić information content (AvgIpc) is 2.42. The third kappa shape index (κ3) is 4.78. The first-order valence-corrected chi connectivity index (χ1v) is 9.71. The molecule has 122 valence electrons. The second-order valence-corrected chi connectivity index (χ2v) is 8.03. The highest BCUT2D eigenvalue weighted by molar-refractivity contribution is 7.69. The van der Waals surface area contributed by atoms with E-state index in [2.05, 4.69) is 68.2 Å². The summed E-state index contributed by atoms with van der Waals surface area (Å²) in [5, 5.41) is 0. The summed E-state index contributed by atoms with van der Waals surface area (Å²) in [6, 6.07) is 0. The molecule has 3 nitrogen and oxygen atoms in total. The molecule has 5 heteroatoms. The lowest BCUT2D eigenvalue weighted by Gasteiger charge is -2.46. The van der Waals surface area contributed by atoms with Crippen molar-refractivity contribution in [1.82, 2.24) is 14.0 Å². The van der Waals surface area contributed by atoms with Crippen LogP contribution < -0.4 is 17.0 Å². The SMILES string of the molecule is C=CC[P+](N(CC)CC)(N(CC)CC)N(CC)CC.[Br-]. The Morgan fingerprint density at radius 2 is 0.950 bits per heavy atom. The molecular formula is C15H35BrN3P. The lowest BCUT2D eigenvalue weighted by Crippen LogP contribution is -3.00. The highest BCUT2D eigenvalue weighted by Gasteiger charge is 2.52. The van der Waals surface area contributed by atoms with Crippen molar-refractivity contribution < 1.29 is 17.0 Å². The first kappa shape index (κ1) is 22.8. The van der Waals surface area contributed by atoms with Gasteiger partial charge < -0.3 is 17.0 Å². The fourth-order valence-electron chi connectivity index (χ4n) is 3.09. The number of allylic oxidation sites excluding steroid dienone is 1. The van der Waals surface area contributed by atoms with Gasteiger partial charge in [0.1, 0.15) is 6.16 Å². The van der Waals surface area contributed by atoms with Crippen molar-refractivity contribution in [2.45, 2.75) is 41.5 Å².